The molecule has 1 aromatic heterocycles. The van der Waals surface area contributed by atoms with Crippen molar-refractivity contribution in [1.82, 2.24) is 25.6 Å². The molecule has 3 rings (SSSR count). The Kier molecular flexibility index (Phi) is 5.04. The number of anilines is 1. The highest BCUT2D eigenvalue weighted by Gasteiger charge is 2.09. The molecule has 0 saturated carbocycles. The number of ether oxygens (including phenoxy) is 1. The molecule has 4 N–H and O–H groups in total. The Labute approximate surface area is 134 Å². The minimum atomic E-state index is 0.550. The molecule has 2 aromatic rings. The van der Waals surface area contributed by atoms with Crippen LogP contribution in [-0.2, 0) is 4.74 Å². The van der Waals surface area contributed by atoms with Gasteiger partial charge < -0.3 is 15.0 Å². The van der Waals surface area contributed by atoms with E-state index >= 15 is 0 Å². The van der Waals surface area contributed by atoms with Crippen molar-refractivity contribution < 1.29 is 4.74 Å². The lowest BCUT2D eigenvalue weighted by Crippen LogP contribution is -2.44. The van der Waals surface area contributed by atoms with E-state index in [1.807, 2.05) is 24.3 Å². The van der Waals surface area contributed by atoms with Gasteiger partial charge in [0.05, 0.1) is 24.2 Å². The minimum Gasteiger partial charge on any atom is -0.379 e. The number of imidazole rings is 1. The van der Waals surface area contributed by atoms with Crippen molar-refractivity contribution in [2.24, 2.45) is 0 Å². The highest BCUT2D eigenvalue weighted by molar-refractivity contribution is 7.80. The highest BCUT2D eigenvalue weighted by atomic mass is 32.1. The fourth-order valence-electron chi connectivity index (χ4n) is 2.32. The molecule has 7 nitrogen and oxygen atoms in total. The first-order chi connectivity index (χ1) is 10.8. The van der Waals surface area contributed by atoms with Crippen molar-refractivity contribution in [1.29, 1.82) is 0 Å². The lowest BCUT2D eigenvalue weighted by molar-refractivity contribution is 0.0389. The average Bonchev–Trinajstić information content (AvgIpc) is 2.97. The van der Waals surface area contributed by atoms with E-state index in [0.29, 0.717) is 11.1 Å². The van der Waals surface area contributed by atoms with Gasteiger partial charge in [0.15, 0.2) is 5.11 Å². The number of fused-ring (bicyclic) bond motifs is 1. The molecule has 0 unspecified atom stereocenters. The first kappa shape index (κ1) is 15.0. The zero-order valence-corrected chi connectivity index (χ0v) is 13.1. The summed E-state index contributed by atoms with van der Waals surface area (Å²) in [7, 11) is 0. The third-order valence-electron chi connectivity index (χ3n) is 3.50. The summed E-state index contributed by atoms with van der Waals surface area (Å²) in [4.78, 5) is 9.92. The number of morpholine rings is 1. The van der Waals surface area contributed by atoms with Gasteiger partial charge in [-0.2, -0.15) is 0 Å². The van der Waals surface area contributed by atoms with Crippen LogP contribution in [0.1, 0.15) is 0 Å². The van der Waals surface area contributed by atoms with Crippen LogP contribution >= 0.6 is 12.2 Å². The van der Waals surface area contributed by atoms with Gasteiger partial charge in [-0.25, -0.2) is 4.98 Å². The van der Waals surface area contributed by atoms with E-state index in [1.54, 1.807) is 0 Å². The summed E-state index contributed by atoms with van der Waals surface area (Å²) in [5, 5.41) is 3.72. The summed E-state index contributed by atoms with van der Waals surface area (Å²) in [6.45, 7) is 5.36. The fraction of sp³-hybridized carbons (Fsp3) is 0.429. The van der Waals surface area contributed by atoms with Gasteiger partial charge in [-0.3, -0.25) is 15.8 Å². The van der Waals surface area contributed by atoms with Crippen LogP contribution in [0.5, 0.6) is 0 Å². The molecule has 118 valence electrons. The van der Waals surface area contributed by atoms with E-state index in [1.165, 1.54) is 0 Å². The Hall–Kier alpha value is -1.90. The van der Waals surface area contributed by atoms with Gasteiger partial charge in [0.2, 0.25) is 5.95 Å². The van der Waals surface area contributed by atoms with Gasteiger partial charge in [-0.15, -0.1) is 0 Å². The molecule has 8 heteroatoms. The maximum atomic E-state index is 5.32. The SMILES string of the molecule is S=C(NCCN1CCOCC1)NNc1nc2ccccc2[nH]1. The number of aromatic amines is 1. The molecule has 2 heterocycles. The van der Waals surface area contributed by atoms with Crippen molar-refractivity contribution in [3.05, 3.63) is 24.3 Å². The van der Waals surface area contributed by atoms with Crippen molar-refractivity contribution in [2.75, 3.05) is 44.8 Å². The monoisotopic (exact) mass is 320 g/mol. The molecular formula is C14H20N6OS. The van der Waals surface area contributed by atoms with E-state index in [0.717, 1.165) is 50.4 Å². The molecule has 1 aliphatic heterocycles. The first-order valence-electron chi connectivity index (χ1n) is 7.36. The van der Waals surface area contributed by atoms with Gasteiger partial charge in [0.1, 0.15) is 0 Å². The van der Waals surface area contributed by atoms with Crippen molar-refractivity contribution in [2.45, 2.75) is 0 Å². The molecule has 1 fully saturated rings. The number of hydrogen-bond acceptors (Lipinski definition) is 5. The molecule has 0 aliphatic carbocycles. The predicted octanol–water partition coefficient (Wildman–Crippen LogP) is 0.686. The van der Waals surface area contributed by atoms with Gasteiger partial charge in [0.25, 0.3) is 0 Å². The summed E-state index contributed by atoms with van der Waals surface area (Å²) in [6, 6.07) is 7.86. The van der Waals surface area contributed by atoms with Crippen LogP contribution in [0, 0.1) is 0 Å². The molecule has 0 amide bonds. The zero-order chi connectivity index (χ0) is 15.2. The lowest BCUT2D eigenvalue weighted by Gasteiger charge is -2.26. The number of rotatable bonds is 5. The third-order valence-corrected chi connectivity index (χ3v) is 3.75. The molecule has 0 bridgehead atoms. The number of nitrogens with zero attached hydrogens (tertiary/aromatic N) is 2. The van der Waals surface area contributed by atoms with Crippen molar-refractivity contribution >= 4 is 34.3 Å². The molecule has 0 atom stereocenters. The summed E-state index contributed by atoms with van der Waals surface area (Å²) in [5.41, 5.74) is 7.80. The van der Waals surface area contributed by atoms with E-state index in [2.05, 4.69) is 31.0 Å². The van der Waals surface area contributed by atoms with Gasteiger partial charge >= 0.3 is 0 Å². The van der Waals surface area contributed by atoms with Crippen LogP contribution in [0.25, 0.3) is 11.0 Å². The summed E-state index contributed by atoms with van der Waals surface area (Å²) >= 11 is 5.23. The van der Waals surface area contributed by atoms with Crippen molar-refractivity contribution in [3.8, 4) is 0 Å². The molecule has 1 saturated heterocycles. The Bertz CT molecular complexity index is 592. The van der Waals surface area contributed by atoms with Crippen LogP contribution in [0.2, 0.25) is 0 Å². The fourth-order valence-corrected chi connectivity index (χ4v) is 2.48. The highest BCUT2D eigenvalue weighted by Crippen LogP contribution is 2.12. The Morgan fingerprint density at radius 3 is 2.95 bits per heavy atom. The zero-order valence-electron chi connectivity index (χ0n) is 12.3. The van der Waals surface area contributed by atoms with Gasteiger partial charge in [0, 0.05) is 26.2 Å². The van der Waals surface area contributed by atoms with E-state index < -0.39 is 0 Å². The molecule has 1 aliphatic rings. The van der Waals surface area contributed by atoms with Gasteiger partial charge in [-0.05, 0) is 24.4 Å². The Morgan fingerprint density at radius 2 is 2.14 bits per heavy atom. The second-order valence-electron chi connectivity index (χ2n) is 5.06. The predicted molar refractivity (Wildman–Crippen MR) is 90.7 cm³/mol. The second-order valence-corrected chi connectivity index (χ2v) is 5.47. The normalized spacial score (nSPS) is 15.6. The molecule has 0 spiro atoms. The van der Waals surface area contributed by atoms with Crippen LogP contribution in [0.4, 0.5) is 5.95 Å². The standard InChI is InChI=1S/C14H20N6OS/c22-14(15-5-6-20-7-9-21-10-8-20)19-18-13-16-11-3-1-2-4-12(11)17-13/h1-4H,5-10H2,(H2,15,19,22)(H2,16,17,18). The summed E-state index contributed by atoms with van der Waals surface area (Å²) < 4.78 is 5.32. The quantitative estimate of drug-likeness (QED) is 0.477. The number of hydrogen-bond donors (Lipinski definition) is 4. The first-order valence-corrected chi connectivity index (χ1v) is 7.77. The Balaban J connectivity index is 1.38. The number of thiocarbonyl (C=S) groups is 1. The summed E-state index contributed by atoms with van der Waals surface area (Å²) in [6.07, 6.45) is 0. The number of H-pyrrole nitrogens is 1. The minimum absolute atomic E-state index is 0.550. The maximum absolute atomic E-state index is 5.32. The lowest BCUT2D eigenvalue weighted by atomic mass is 10.3. The maximum Gasteiger partial charge on any atom is 0.220 e. The van der Waals surface area contributed by atoms with Crippen LogP contribution in [0.3, 0.4) is 0 Å². The molecule has 22 heavy (non-hydrogen) atoms. The average molecular weight is 320 g/mol. The van der Waals surface area contributed by atoms with Crippen molar-refractivity contribution in [3.63, 3.8) is 0 Å². The topological polar surface area (TPSA) is 77.2 Å². The Morgan fingerprint density at radius 1 is 1.32 bits per heavy atom. The third kappa shape index (κ3) is 4.06. The summed E-state index contributed by atoms with van der Waals surface area (Å²) in [5.74, 6) is 0.638. The largest absolute Gasteiger partial charge is 0.379 e. The smallest absolute Gasteiger partial charge is 0.220 e. The number of benzene rings is 1. The number of hydrazine groups is 1. The molecular weight excluding hydrogens is 300 g/mol. The molecule has 1 aromatic carbocycles. The number of nitrogens with one attached hydrogen (secondary N) is 4. The van der Waals surface area contributed by atoms with Crippen LogP contribution < -0.4 is 16.2 Å². The number of para-hydroxylation sites is 2. The number of aromatic nitrogens is 2. The van der Waals surface area contributed by atoms with Gasteiger partial charge in [-0.1, -0.05) is 12.1 Å². The van der Waals surface area contributed by atoms with E-state index in [4.69, 9.17) is 17.0 Å². The van der Waals surface area contributed by atoms with E-state index in [9.17, 15) is 0 Å². The van der Waals surface area contributed by atoms with E-state index in [-0.39, 0.29) is 0 Å². The second kappa shape index (κ2) is 7.39. The van der Waals surface area contributed by atoms with Crippen LogP contribution in [0.15, 0.2) is 24.3 Å². The van der Waals surface area contributed by atoms with Crippen LogP contribution in [-0.4, -0.2) is 59.4 Å². The molecule has 0 radical (unpaired) electrons.